The van der Waals surface area contributed by atoms with Crippen molar-refractivity contribution in [2.75, 3.05) is 32.1 Å². The highest BCUT2D eigenvalue weighted by molar-refractivity contribution is 5.90. The molecule has 5 heterocycles. The number of rotatable bonds is 14. The van der Waals surface area contributed by atoms with Crippen LogP contribution in [-0.2, 0) is 16.0 Å². The quantitative estimate of drug-likeness (QED) is 0.0561. The Balaban J connectivity index is 1.00. The third-order valence-corrected chi connectivity index (χ3v) is 18.1. The minimum atomic E-state index is -2.77. The van der Waals surface area contributed by atoms with Crippen molar-refractivity contribution in [1.82, 2.24) is 20.9 Å². The average molecular weight is 1090 g/mol. The Morgan fingerprint density at radius 1 is 0.962 bits per heavy atom. The fraction of sp³-hybridized carbons (Fsp3) is 0.439. The molecule has 22 nitrogen and oxygen atoms in total. The van der Waals surface area contributed by atoms with Gasteiger partial charge in [0.1, 0.15) is 51.9 Å². The lowest BCUT2D eigenvalue weighted by molar-refractivity contribution is -0.362. The number of H-pyrrole nitrogens is 1. The number of aliphatic carboxylic acids is 1. The van der Waals surface area contributed by atoms with Crippen LogP contribution in [0.5, 0.6) is 28.7 Å². The lowest BCUT2D eigenvalue weighted by atomic mass is 9.39. The first-order valence-electron chi connectivity index (χ1n) is 26.7. The first kappa shape index (κ1) is 52.6. The number of hydrogen-bond acceptors (Lipinski definition) is 20. The molecule has 2 aromatic heterocycles. The summed E-state index contributed by atoms with van der Waals surface area (Å²) in [6.45, 7) is 2.31. The molecule has 418 valence electrons. The van der Waals surface area contributed by atoms with Gasteiger partial charge in [0.2, 0.25) is 18.3 Å². The molecule has 17 N–H and O–H groups in total. The van der Waals surface area contributed by atoms with Crippen LogP contribution in [0.25, 0.3) is 22.3 Å². The summed E-state index contributed by atoms with van der Waals surface area (Å²) in [5.74, 6) is -3.21. The van der Waals surface area contributed by atoms with Gasteiger partial charge in [0.25, 0.3) is 0 Å². The Hall–Kier alpha value is -7.12. The van der Waals surface area contributed by atoms with Gasteiger partial charge in [0.05, 0.1) is 12.4 Å². The van der Waals surface area contributed by atoms with Crippen LogP contribution in [0.3, 0.4) is 0 Å². The van der Waals surface area contributed by atoms with E-state index < -0.39 is 106 Å². The molecule has 13 atom stereocenters. The molecule has 7 aliphatic rings. The summed E-state index contributed by atoms with van der Waals surface area (Å²) >= 11 is 0. The monoisotopic (exact) mass is 1090 g/mol. The van der Waals surface area contributed by atoms with Gasteiger partial charge in [-0.2, -0.15) is 0 Å². The van der Waals surface area contributed by atoms with E-state index in [0.717, 1.165) is 49.0 Å². The SMILES string of the molecule is CCc1cc(O)cc(C(O)Oc2c(OC3OC(C(=O)O)C4(O)C(O)C3(O)C=C3C56C7=C(CCC5CCC6CCC34C3CNCN3)CNC(N)=C7)cc3oc(-c4ccc(OC(CO)C(O)c5ccc(N)[nH]5)cc4)cc(=O)c3c2O)c1. The molecule has 3 aliphatic heterocycles. The molecule has 2 bridgehead atoms. The predicted molar refractivity (Wildman–Crippen MR) is 282 cm³/mol. The number of aliphatic hydroxyl groups excluding tert-OH is 4. The smallest absolute Gasteiger partial charge is 0.336 e. The number of dihydropyridines is 1. The van der Waals surface area contributed by atoms with Crippen LogP contribution in [0, 0.1) is 22.7 Å². The van der Waals surface area contributed by atoms with Crippen molar-refractivity contribution in [2.24, 2.45) is 28.4 Å². The van der Waals surface area contributed by atoms with E-state index in [-0.39, 0.29) is 53.2 Å². The predicted octanol–water partition coefficient (Wildman–Crippen LogP) is 2.64. The van der Waals surface area contributed by atoms with E-state index in [2.05, 4.69) is 20.9 Å². The van der Waals surface area contributed by atoms with Gasteiger partial charge in [0.15, 0.2) is 34.7 Å². The van der Waals surface area contributed by atoms with Gasteiger partial charge in [-0.1, -0.05) is 6.92 Å². The number of nitrogen functional groups attached to an aromatic ring is 1. The zero-order valence-electron chi connectivity index (χ0n) is 43.0. The lowest BCUT2D eigenvalue weighted by Gasteiger charge is -2.70. The maximum Gasteiger partial charge on any atom is 0.336 e. The number of fused-ring (bicyclic) bond motifs is 5. The number of benzene rings is 3. The number of ether oxygens (including phenoxy) is 4. The van der Waals surface area contributed by atoms with Crippen LogP contribution in [0.4, 0.5) is 5.82 Å². The van der Waals surface area contributed by atoms with Crippen LogP contribution >= 0.6 is 0 Å². The Morgan fingerprint density at radius 2 is 1.73 bits per heavy atom. The molecule has 4 aliphatic carbocycles. The molecule has 2 saturated heterocycles. The number of aromatic hydroxyl groups is 2. The fourth-order valence-electron chi connectivity index (χ4n) is 14.6. The zero-order chi connectivity index (χ0) is 55.5. The van der Waals surface area contributed by atoms with E-state index in [9.17, 15) is 55.5 Å². The van der Waals surface area contributed by atoms with E-state index in [1.165, 1.54) is 42.5 Å². The number of allylic oxidation sites excluding steroid dienone is 2. The molecule has 0 amide bonds. The third-order valence-electron chi connectivity index (χ3n) is 18.1. The van der Waals surface area contributed by atoms with E-state index in [0.29, 0.717) is 60.1 Å². The molecule has 4 fully saturated rings. The molecule has 12 rings (SSSR count). The Kier molecular flexibility index (Phi) is 12.9. The summed E-state index contributed by atoms with van der Waals surface area (Å²) in [6.07, 6.45) is -3.42. The third kappa shape index (κ3) is 7.93. The summed E-state index contributed by atoms with van der Waals surface area (Å²) in [5, 5.41) is 117. The molecule has 3 aromatic carbocycles. The minimum Gasteiger partial charge on any atom is -0.508 e. The number of carboxylic acids is 1. The fourth-order valence-corrected chi connectivity index (χ4v) is 14.6. The summed E-state index contributed by atoms with van der Waals surface area (Å²) in [7, 11) is 0. The average Bonchev–Trinajstić information content (AvgIpc) is 4.36. The standard InChI is InChI=1S/C57H64N6O16/c1-2-26-15-29(17-32(65)16-26)51(71)78-48-39(20-38-45(47(48)68)36(66)19-37(76-38)27-4-9-33(10-5-27)75-40(24-64)46(67)35-11-12-43(58)63-35)77-53-55(73)21-41-54(42-23-60-25-62-42,57(74,52(55)72)49(79-53)50(69)70)14-13-31-8-7-30-6-3-28-22-61-44(59)18-34(28)56(30,31)41/h4-5,9-12,15-21,30-31,40,42,46,49,51-53,60-65,67-68,71-74H,2-3,6-8,13-14,22-25,58-59H2,1H3,(H,69,70). The highest BCUT2D eigenvalue weighted by Crippen LogP contribution is 2.75. The number of aromatic nitrogens is 1. The number of phenolic OH excluding ortho intramolecular Hbond substituents is 2. The Morgan fingerprint density at radius 3 is 2.43 bits per heavy atom. The number of phenols is 2. The number of nitrogens with one attached hydrogen (secondary N) is 4. The van der Waals surface area contributed by atoms with Gasteiger partial charge in [-0.15, -0.1) is 0 Å². The van der Waals surface area contributed by atoms with E-state index in [1.807, 2.05) is 13.0 Å². The van der Waals surface area contributed by atoms with Gasteiger partial charge in [-0.05, 0) is 146 Å². The van der Waals surface area contributed by atoms with Crippen molar-refractivity contribution >= 4 is 22.8 Å². The number of hydrogen-bond donors (Lipinski definition) is 15. The molecule has 2 saturated carbocycles. The molecule has 79 heavy (non-hydrogen) atoms. The van der Waals surface area contributed by atoms with Crippen LogP contribution in [0.2, 0.25) is 0 Å². The first-order chi connectivity index (χ1) is 37.8. The largest absolute Gasteiger partial charge is 0.508 e. The molecular formula is C57H64N6O16. The first-order valence-corrected chi connectivity index (χ1v) is 26.7. The van der Waals surface area contributed by atoms with Gasteiger partial charge < -0.3 is 96.4 Å². The van der Waals surface area contributed by atoms with Crippen LogP contribution in [0.1, 0.15) is 74.7 Å². The molecule has 0 radical (unpaired) electrons. The Bertz CT molecular complexity index is 3410. The van der Waals surface area contributed by atoms with Crippen LogP contribution in [0.15, 0.2) is 111 Å². The number of aromatic amines is 1. The maximum absolute atomic E-state index is 14.3. The van der Waals surface area contributed by atoms with Gasteiger partial charge in [-0.3, -0.25) is 10.1 Å². The van der Waals surface area contributed by atoms with Crippen molar-refractivity contribution in [2.45, 2.75) is 106 Å². The molecule has 13 unspecified atom stereocenters. The molecular weight excluding hydrogens is 1020 g/mol. The van der Waals surface area contributed by atoms with Crippen molar-refractivity contribution in [3.8, 4) is 40.1 Å². The second kappa shape index (κ2) is 19.3. The maximum atomic E-state index is 14.3. The summed E-state index contributed by atoms with van der Waals surface area (Å²) < 4.78 is 31.2. The number of nitrogens with two attached hydrogens (primary N) is 2. The van der Waals surface area contributed by atoms with E-state index >= 15 is 0 Å². The summed E-state index contributed by atoms with van der Waals surface area (Å²) in [6, 6.07) is 15.0. The summed E-state index contributed by atoms with van der Waals surface area (Å²) in [4.78, 5) is 31.0. The molecule has 1 spiro atoms. The van der Waals surface area contributed by atoms with Crippen molar-refractivity contribution in [3.63, 3.8) is 0 Å². The second-order valence-electron chi connectivity index (χ2n) is 22.1. The number of aliphatic hydroxyl groups is 6. The zero-order valence-corrected chi connectivity index (χ0v) is 43.0. The van der Waals surface area contributed by atoms with Gasteiger partial charge >= 0.3 is 5.97 Å². The number of anilines is 1. The molecule has 5 aromatic rings. The Labute approximate surface area is 451 Å². The lowest BCUT2D eigenvalue weighted by Crippen LogP contribution is -2.84. The van der Waals surface area contributed by atoms with Crippen LogP contribution in [-0.4, -0.2) is 125 Å². The van der Waals surface area contributed by atoms with Crippen molar-refractivity contribution in [1.29, 1.82) is 0 Å². The van der Waals surface area contributed by atoms with Gasteiger partial charge in [0, 0.05) is 65.6 Å². The number of aryl methyl sites for hydroxylation is 1. The van der Waals surface area contributed by atoms with Crippen molar-refractivity contribution in [3.05, 3.63) is 128 Å². The van der Waals surface area contributed by atoms with Gasteiger partial charge in [-0.25, -0.2) is 4.79 Å². The van der Waals surface area contributed by atoms with E-state index in [1.54, 1.807) is 18.2 Å². The number of carboxylic acid groups (broad SMARTS) is 1. The molecule has 22 heteroatoms. The second-order valence-corrected chi connectivity index (χ2v) is 22.1. The topological polar surface area (TPSA) is 370 Å². The summed E-state index contributed by atoms with van der Waals surface area (Å²) in [5.41, 5.74) is 7.11. The highest BCUT2D eigenvalue weighted by atomic mass is 16.7. The van der Waals surface area contributed by atoms with Crippen LogP contribution < -0.4 is 47.1 Å². The minimum absolute atomic E-state index is 0.0271. The van der Waals surface area contributed by atoms with E-state index in [4.69, 9.17) is 34.8 Å². The number of carbonyl (C=O) groups is 1. The highest BCUT2D eigenvalue weighted by Gasteiger charge is 2.81. The van der Waals surface area contributed by atoms with Crippen molar-refractivity contribution < 1.29 is 74.1 Å². The normalized spacial score (nSPS) is 31.8.